The maximum atomic E-state index is 13.2. The highest BCUT2D eigenvalue weighted by atomic mass is 16.5. The van der Waals surface area contributed by atoms with Crippen LogP contribution in [0.25, 0.3) is 21.9 Å². The van der Waals surface area contributed by atoms with Crippen molar-refractivity contribution in [2.24, 2.45) is 13.0 Å². The Kier molecular flexibility index (Phi) is 13.7. The van der Waals surface area contributed by atoms with E-state index in [1.807, 2.05) is 24.4 Å². The number of aromatic nitrogens is 2. The number of hydrogen-bond acceptors (Lipinski definition) is 12. The Balaban J connectivity index is 0.749. The van der Waals surface area contributed by atoms with E-state index in [0.29, 0.717) is 62.0 Å². The standard InChI is InChI=1S/C45H53N7O9/c1-50-26-33(30-15-18-47-23-32(30)43(50)56)28-21-37(59-2)34(38(22-28)60-3)27-51-24-29(25-51)41(54)48-17-9-7-5-4-6-8-16-46-19-20-61-36-12-10-11-31-40(36)45(58)52(44(31)57)35-13-14-39(53)49-42(35)55/h10-12,15,18,21-23,26,29,35,46H,4-9,13-14,16-17,19-20,24-25,27H2,1-3H3,(H,48,54)(H,49,53,55). The summed E-state index contributed by atoms with van der Waals surface area (Å²) in [6, 6.07) is 9.59. The lowest BCUT2D eigenvalue weighted by Crippen LogP contribution is -2.54. The van der Waals surface area contributed by atoms with Crippen molar-refractivity contribution in [2.75, 3.05) is 53.6 Å². The number of amides is 5. The van der Waals surface area contributed by atoms with E-state index in [1.54, 1.807) is 56.4 Å². The lowest BCUT2D eigenvalue weighted by Gasteiger charge is -2.38. The third-order valence-electron chi connectivity index (χ3n) is 11.7. The number of fused-ring (bicyclic) bond motifs is 2. The fraction of sp³-hybridized carbons (Fsp3) is 0.444. The van der Waals surface area contributed by atoms with Crippen molar-refractivity contribution in [1.29, 1.82) is 0 Å². The van der Waals surface area contributed by atoms with Crippen LogP contribution in [-0.4, -0.2) is 108 Å². The van der Waals surface area contributed by atoms with E-state index >= 15 is 0 Å². The van der Waals surface area contributed by atoms with Crippen molar-refractivity contribution < 1.29 is 38.2 Å². The van der Waals surface area contributed by atoms with Gasteiger partial charge in [0, 0.05) is 70.3 Å². The van der Waals surface area contributed by atoms with Crippen LogP contribution in [0, 0.1) is 5.92 Å². The first-order valence-electron chi connectivity index (χ1n) is 21.0. The van der Waals surface area contributed by atoms with Gasteiger partial charge in [-0.05, 0) is 67.1 Å². The normalized spacial score (nSPS) is 16.7. The Bertz CT molecular complexity index is 2350. The summed E-state index contributed by atoms with van der Waals surface area (Å²) in [4.78, 5) is 83.1. The number of benzene rings is 2. The molecule has 16 nitrogen and oxygen atoms in total. The molecule has 3 aliphatic rings. The van der Waals surface area contributed by atoms with Crippen molar-refractivity contribution in [3.05, 3.63) is 82.0 Å². The molecule has 322 valence electrons. The average molecular weight is 836 g/mol. The predicted molar refractivity (Wildman–Crippen MR) is 226 cm³/mol. The molecule has 2 aromatic heterocycles. The first-order valence-corrected chi connectivity index (χ1v) is 21.0. The van der Waals surface area contributed by atoms with E-state index in [0.717, 1.165) is 72.0 Å². The summed E-state index contributed by atoms with van der Waals surface area (Å²) in [5.74, 6) is -0.530. The Hall–Kier alpha value is -6.13. The summed E-state index contributed by atoms with van der Waals surface area (Å²) < 4.78 is 19.1. The summed E-state index contributed by atoms with van der Waals surface area (Å²) in [5, 5.41) is 10.0. The number of carbonyl (C=O) groups excluding carboxylic acids is 5. The molecule has 2 saturated heterocycles. The third kappa shape index (κ3) is 9.45. The van der Waals surface area contributed by atoms with Crippen molar-refractivity contribution in [3.8, 4) is 28.4 Å². The van der Waals surface area contributed by atoms with Crippen molar-refractivity contribution in [2.45, 2.75) is 64.0 Å². The summed E-state index contributed by atoms with van der Waals surface area (Å²) in [5.41, 5.74) is 2.87. The highest BCUT2D eigenvalue weighted by Gasteiger charge is 2.46. The Labute approximate surface area is 353 Å². The van der Waals surface area contributed by atoms with Crippen LogP contribution in [-0.2, 0) is 28.0 Å². The maximum Gasteiger partial charge on any atom is 0.266 e. The van der Waals surface area contributed by atoms with Gasteiger partial charge in [-0.25, -0.2) is 0 Å². The molecule has 0 spiro atoms. The lowest BCUT2D eigenvalue weighted by molar-refractivity contribution is -0.136. The molecule has 16 heteroatoms. The van der Waals surface area contributed by atoms with Crippen LogP contribution in [0.2, 0.25) is 0 Å². The number of imide groups is 2. The largest absolute Gasteiger partial charge is 0.496 e. The summed E-state index contributed by atoms with van der Waals surface area (Å²) in [6.45, 7) is 4.23. The second-order valence-corrected chi connectivity index (χ2v) is 15.8. The molecule has 2 fully saturated rings. The SMILES string of the molecule is COc1cc(-c2cn(C)c(=O)c3cnccc23)cc(OC)c1CN1CC(C(=O)NCCCCCCCCNCCOc2cccc3c2C(=O)N(C2CCC(=O)NC2=O)C3=O)C1. The lowest BCUT2D eigenvalue weighted by atomic mass is 9.96. The van der Waals surface area contributed by atoms with E-state index in [4.69, 9.17) is 14.2 Å². The number of hydrogen-bond donors (Lipinski definition) is 3. The Morgan fingerprint density at radius 2 is 1.57 bits per heavy atom. The molecule has 2 aromatic carbocycles. The number of methoxy groups -OCH3 is 2. The van der Waals surface area contributed by atoms with E-state index in [-0.39, 0.29) is 41.4 Å². The average Bonchev–Trinajstić information content (AvgIpc) is 3.50. The molecule has 61 heavy (non-hydrogen) atoms. The zero-order valence-corrected chi connectivity index (χ0v) is 34.9. The quantitative estimate of drug-likeness (QED) is 0.0869. The molecule has 0 saturated carbocycles. The monoisotopic (exact) mass is 835 g/mol. The molecule has 3 aliphatic heterocycles. The van der Waals surface area contributed by atoms with Gasteiger partial charge in [-0.15, -0.1) is 0 Å². The second-order valence-electron chi connectivity index (χ2n) is 15.8. The number of nitrogens with zero attached hydrogens (tertiary/aromatic N) is 4. The van der Waals surface area contributed by atoms with Crippen LogP contribution in [0.5, 0.6) is 17.2 Å². The number of rotatable bonds is 20. The number of unbranched alkanes of at least 4 members (excludes halogenated alkanes) is 5. The van der Waals surface area contributed by atoms with Crippen LogP contribution in [0.4, 0.5) is 0 Å². The van der Waals surface area contributed by atoms with Crippen LogP contribution in [0.1, 0.15) is 77.6 Å². The van der Waals surface area contributed by atoms with Gasteiger partial charge in [-0.2, -0.15) is 0 Å². The molecular weight excluding hydrogens is 783 g/mol. The molecule has 1 unspecified atom stereocenters. The van der Waals surface area contributed by atoms with Crippen molar-refractivity contribution in [1.82, 2.24) is 35.3 Å². The molecule has 3 N–H and O–H groups in total. The minimum Gasteiger partial charge on any atom is -0.496 e. The first-order chi connectivity index (χ1) is 29.6. The van der Waals surface area contributed by atoms with E-state index in [1.165, 1.54) is 0 Å². The molecular formula is C45H53N7O9. The highest BCUT2D eigenvalue weighted by molar-refractivity contribution is 6.24. The van der Waals surface area contributed by atoms with Gasteiger partial charge in [-0.3, -0.25) is 48.9 Å². The molecule has 0 bridgehead atoms. The van der Waals surface area contributed by atoms with Crippen LogP contribution in [0.15, 0.2) is 59.8 Å². The minimum atomic E-state index is -1.02. The summed E-state index contributed by atoms with van der Waals surface area (Å²) >= 11 is 0. The summed E-state index contributed by atoms with van der Waals surface area (Å²) in [7, 11) is 4.99. The molecule has 5 heterocycles. The van der Waals surface area contributed by atoms with Gasteiger partial charge in [0.15, 0.2) is 0 Å². The van der Waals surface area contributed by atoms with E-state index in [9.17, 15) is 28.8 Å². The number of pyridine rings is 2. The topological polar surface area (TPSA) is 190 Å². The van der Waals surface area contributed by atoms with Crippen LogP contribution in [0.3, 0.4) is 0 Å². The number of nitrogens with one attached hydrogen (secondary N) is 3. The first kappa shape index (κ1) is 43.0. The Morgan fingerprint density at radius 3 is 2.30 bits per heavy atom. The zero-order chi connectivity index (χ0) is 43.0. The van der Waals surface area contributed by atoms with Gasteiger partial charge >= 0.3 is 0 Å². The van der Waals surface area contributed by atoms with Gasteiger partial charge in [0.05, 0.1) is 42.2 Å². The molecule has 5 amide bonds. The number of aryl methyl sites for hydroxylation is 1. The smallest absolute Gasteiger partial charge is 0.266 e. The Morgan fingerprint density at radius 1 is 0.852 bits per heavy atom. The van der Waals surface area contributed by atoms with Crippen molar-refractivity contribution >= 4 is 40.3 Å². The number of piperidine rings is 1. The van der Waals surface area contributed by atoms with Gasteiger partial charge < -0.3 is 29.4 Å². The van der Waals surface area contributed by atoms with Crippen molar-refractivity contribution in [3.63, 3.8) is 0 Å². The fourth-order valence-corrected chi connectivity index (χ4v) is 8.33. The summed E-state index contributed by atoms with van der Waals surface area (Å²) in [6.07, 6.45) is 11.5. The molecule has 1 atom stereocenters. The predicted octanol–water partition coefficient (Wildman–Crippen LogP) is 3.58. The molecule has 4 aromatic rings. The molecule has 0 radical (unpaired) electrons. The van der Waals surface area contributed by atoms with E-state index < -0.39 is 29.7 Å². The number of ether oxygens (including phenoxy) is 3. The van der Waals surface area contributed by atoms with E-state index in [2.05, 4.69) is 25.8 Å². The zero-order valence-electron chi connectivity index (χ0n) is 34.9. The van der Waals surface area contributed by atoms with Gasteiger partial charge in [-0.1, -0.05) is 31.7 Å². The fourth-order valence-electron chi connectivity index (χ4n) is 8.33. The minimum absolute atomic E-state index is 0.0599. The maximum absolute atomic E-state index is 13.2. The molecule has 0 aliphatic carbocycles. The number of likely N-dealkylation sites (tertiary alicyclic amines) is 1. The second kappa shape index (κ2) is 19.5. The number of carbonyl (C=O) groups is 5. The third-order valence-corrected chi connectivity index (χ3v) is 11.7. The molecule has 7 rings (SSSR count). The van der Waals surface area contributed by atoms with Crippen LogP contribution < -0.4 is 35.7 Å². The van der Waals surface area contributed by atoms with Gasteiger partial charge in [0.2, 0.25) is 17.7 Å². The van der Waals surface area contributed by atoms with Crippen LogP contribution >= 0.6 is 0 Å². The van der Waals surface area contributed by atoms with Gasteiger partial charge in [0.25, 0.3) is 17.4 Å². The van der Waals surface area contributed by atoms with Gasteiger partial charge in [0.1, 0.15) is 29.9 Å². The highest BCUT2D eigenvalue weighted by Crippen LogP contribution is 2.39.